The van der Waals surface area contributed by atoms with E-state index in [0.29, 0.717) is 21.8 Å². The van der Waals surface area contributed by atoms with Gasteiger partial charge in [-0.2, -0.15) is 0 Å². The number of amides is 3. The third-order valence-corrected chi connectivity index (χ3v) is 6.68. The van der Waals surface area contributed by atoms with Gasteiger partial charge in [-0.05, 0) is 78.7 Å². The molecule has 0 fully saturated rings. The second-order valence-corrected chi connectivity index (χ2v) is 10.1. The molecule has 0 saturated heterocycles. The van der Waals surface area contributed by atoms with Crippen molar-refractivity contribution in [1.29, 1.82) is 0 Å². The zero-order chi connectivity index (χ0) is 27.6. The van der Waals surface area contributed by atoms with E-state index in [1.54, 1.807) is 72.8 Å². The van der Waals surface area contributed by atoms with E-state index in [1.807, 2.05) is 43.3 Å². The first-order valence-electron chi connectivity index (χ1n) is 12.1. The van der Waals surface area contributed by atoms with Gasteiger partial charge in [0.1, 0.15) is 5.70 Å². The lowest BCUT2D eigenvalue weighted by Crippen LogP contribution is -2.30. The Kier molecular flexibility index (Phi) is 9.56. The van der Waals surface area contributed by atoms with E-state index >= 15 is 0 Å². The molecule has 0 heterocycles. The molecule has 4 aromatic rings. The van der Waals surface area contributed by atoms with Crippen molar-refractivity contribution in [2.75, 3.05) is 16.4 Å². The van der Waals surface area contributed by atoms with Gasteiger partial charge in [-0.1, -0.05) is 60.1 Å². The van der Waals surface area contributed by atoms with Crippen LogP contribution in [0, 0.1) is 6.92 Å². The van der Waals surface area contributed by atoms with Gasteiger partial charge in [-0.25, -0.2) is 0 Å². The highest BCUT2D eigenvalue weighted by atomic mass is 35.5. The molecule has 39 heavy (non-hydrogen) atoms. The predicted octanol–water partition coefficient (Wildman–Crippen LogP) is 6.79. The molecule has 3 N–H and O–H groups in total. The number of nitrogens with one attached hydrogen (secondary N) is 3. The van der Waals surface area contributed by atoms with Gasteiger partial charge in [0.2, 0.25) is 5.91 Å². The highest BCUT2D eigenvalue weighted by Crippen LogP contribution is 2.23. The Balaban J connectivity index is 1.45. The van der Waals surface area contributed by atoms with Crippen LogP contribution in [0.25, 0.3) is 6.08 Å². The van der Waals surface area contributed by atoms with Crippen LogP contribution in [0.4, 0.5) is 11.4 Å². The maximum absolute atomic E-state index is 13.3. The van der Waals surface area contributed by atoms with Crippen molar-refractivity contribution in [1.82, 2.24) is 5.32 Å². The monoisotopic (exact) mass is 555 g/mol. The van der Waals surface area contributed by atoms with Crippen molar-refractivity contribution in [2.45, 2.75) is 11.8 Å². The molecule has 0 spiro atoms. The number of thioether (sulfide) groups is 1. The lowest BCUT2D eigenvalue weighted by Gasteiger charge is -2.12. The average molecular weight is 556 g/mol. The Morgan fingerprint density at radius 1 is 0.795 bits per heavy atom. The summed E-state index contributed by atoms with van der Waals surface area (Å²) in [5.41, 5.74) is 3.47. The summed E-state index contributed by atoms with van der Waals surface area (Å²) in [5, 5.41) is 8.95. The van der Waals surface area contributed by atoms with Gasteiger partial charge in [0.15, 0.2) is 0 Å². The van der Waals surface area contributed by atoms with Crippen LogP contribution >= 0.6 is 23.4 Å². The number of aryl methyl sites for hydroxylation is 1. The second-order valence-electron chi connectivity index (χ2n) is 8.62. The molecule has 3 amide bonds. The summed E-state index contributed by atoms with van der Waals surface area (Å²) in [5.74, 6) is -0.838. The van der Waals surface area contributed by atoms with Gasteiger partial charge in [-0.3, -0.25) is 14.4 Å². The average Bonchev–Trinajstić information content (AvgIpc) is 2.92. The van der Waals surface area contributed by atoms with Crippen LogP contribution in [0.3, 0.4) is 0 Å². The highest BCUT2D eigenvalue weighted by molar-refractivity contribution is 8.00. The summed E-state index contributed by atoms with van der Waals surface area (Å²) in [6.45, 7) is 1.97. The van der Waals surface area contributed by atoms with Gasteiger partial charge in [0.05, 0.1) is 5.75 Å². The molecular weight excluding hydrogens is 530 g/mol. The minimum atomic E-state index is -0.501. The number of carbonyl (C=O) groups is 3. The van der Waals surface area contributed by atoms with Crippen LogP contribution in [0.5, 0.6) is 0 Å². The molecule has 0 unspecified atom stereocenters. The van der Waals surface area contributed by atoms with E-state index in [4.69, 9.17) is 11.6 Å². The summed E-state index contributed by atoms with van der Waals surface area (Å²) in [7, 11) is 0. The minimum absolute atomic E-state index is 0.0571. The number of anilines is 2. The molecule has 196 valence electrons. The predicted molar refractivity (Wildman–Crippen MR) is 159 cm³/mol. The van der Waals surface area contributed by atoms with Crippen LogP contribution in [-0.2, 0) is 9.59 Å². The molecule has 0 atom stereocenters. The summed E-state index contributed by atoms with van der Waals surface area (Å²) in [6, 6.07) is 30.4. The number of hydrogen-bond donors (Lipinski definition) is 3. The molecular formula is C31H26ClN3O3S. The fourth-order valence-electron chi connectivity index (χ4n) is 3.64. The van der Waals surface area contributed by atoms with E-state index in [2.05, 4.69) is 16.0 Å². The highest BCUT2D eigenvalue weighted by Gasteiger charge is 2.15. The second kappa shape index (κ2) is 13.5. The van der Waals surface area contributed by atoms with Crippen LogP contribution < -0.4 is 16.0 Å². The lowest BCUT2D eigenvalue weighted by atomic mass is 10.1. The molecule has 6 nitrogen and oxygen atoms in total. The summed E-state index contributed by atoms with van der Waals surface area (Å²) in [6.07, 6.45) is 1.57. The number of benzene rings is 4. The summed E-state index contributed by atoms with van der Waals surface area (Å²) < 4.78 is 0. The van der Waals surface area contributed by atoms with Gasteiger partial charge in [-0.15, -0.1) is 11.8 Å². The Bertz CT molecular complexity index is 1520. The van der Waals surface area contributed by atoms with Gasteiger partial charge in [0.25, 0.3) is 11.8 Å². The van der Waals surface area contributed by atoms with Crippen LogP contribution in [0.1, 0.15) is 21.5 Å². The van der Waals surface area contributed by atoms with E-state index in [-0.39, 0.29) is 17.4 Å². The molecule has 4 rings (SSSR count). The normalized spacial score (nSPS) is 11.0. The number of halogens is 1. The topological polar surface area (TPSA) is 87.3 Å². The van der Waals surface area contributed by atoms with Gasteiger partial charge in [0, 0.05) is 26.9 Å². The molecule has 0 aliphatic carbocycles. The van der Waals surface area contributed by atoms with Crippen molar-refractivity contribution in [3.8, 4) is 0 Å². The molecule has 4 aromatic carbocycles. The van der Waals surface area contributed by atoms with E-state index in [1.165, 1.54) is 11.8 Å². The third-order valence-electron chi connectivity index (χ3n) is 5.45. The zero-order valence-electron chi connectivity index (χ0n) is 21.1. The fraction of sp³-hybridized carbons (Fsp3) is 0.0645. The first kappa shape index (κ1) is 27.7. The van der Waals surface area contributed by atoms with Gasteiger partial charge >= 0.3 is 0 Å². The summed E-state index contributed by atoms with van der Waals surface area (Å²) >= 11 is 7.46. The van der Waals surface area contributed by atoms with E-state index in [9.17, 15) is 14.4 Å². The van der Waals surface area contributed by atoms with Crippen molar-refractivity contribution >= 4 is 58.5 Å². The van der Waals surface area contributed by atoms with Crippen LogP contribution in [0.2, 0.25) is 5.02 Å². The number of hydrogen-bond acceptors (Lipinski definition) is 4. The molecule has 0 aliphatic heterocycles. The van der Waals surface area contributed by atoms with Crippen molar-refractivity contribution in [3.05, 3.63) is 131 Å². The SMILES string of the molecule is Cc1cccc(NC(=O)CSc2cccc(NC(=O)/C(=C/c3cccc(Cl)c3)NC(=O)c3ccccc3)c2)c1. The van der Waals surface area contributed by atoms with Gasteiger partial charge < -0.3 is 16.0 Å². The Morgan fingerprint density at radius 2 is 1.51 bits per heavy atom. The molecule has 0 aromatic heterocycles. The smallest absolute Gasteiger partial charge is 0.272 e. The maximum atomic E-state index is 13.3. The van der Waals surface area contributed by atoms with Crippen molar-refractivity contribution < 1.29 is 14.4 Å². The lowest BCUT2D eigenvalue weighted by molar-refractivity contribution is -0.114. The Labute approximate surface area is 236 Å². The molecule has 0 bridgehead atoms. The third kappa shape index (κ3) is 8.60. The minimum Gasteiger partial charge on any atom is -0.325 e. The number of rotatable bonds is 9. The van der Waals surface area contributed by atoms with E-state index < -0.39 is 11.8 Å². The quantitative estimate of drug-likeness (QED) is 0.157. The Hall–Kier alpha value is -4.33. The molecule has 0 aliphatic rings. The largest absolute Gasteiger partial charge is 0.325 e. The summed E-state index contributed by atoms with van der Waals surface area (Å²) in [4.78, 5) is 39.3. The maximum Gasteiger partial charge on any atom is 0.272 e. The first-order valence-corrected chi connectivity index (χ1v) is 13.5. The van der Waals surface area contributed by atoms with E-state index in [0.717, 1.165) is 16.1 Å². The molecule has 8 heteroatoms. The molecule has 0 radical (unpaired) electrons. The standard InChI is InChI=1S/C31H26ClN3O3S/c1-21-8-5-13-25(16-21)33-29(36)20-39-27-15-7-14-26(19-27)34-31(38)28(18-22-9-6-12-24(32)17-22)35-30(37)23-10-3-2-4-11-23/h2-19H,20H2,1H3,(H,33,36)(H,34,38)(H,35,37)/b28-18-. The zero-order valence-corrected chi connectivity index (χ0v) is 22.7. The van der Waals surface area contributed by atoms with Crippen LogP contribution in [0.15, 0.2) is 114 Å². The number of carbonyl (C=O) groups excluding carboxylic acids is 3. The first-order chi connectivity index (χ1) is 18.9. The van der Waals surface area contributed by atoms with Crippen molar-refractivity contribution in [2.24, 2.45) is 0 Å². The van der Waals surface area contributed by atoms with Crippen molar-refractivity contribution in [3.63, 3.8) is 0 Å². The Morgan fingerprint density at radius 3 is 2.26 bits per heavy atom. The van der Waals surface area contributed by atoms with Crippen LogP contribution in [-0.4, -0.2) is 23.5 Å². The fourth-order valence-corrected chi connectivity index (χ4v) is 4.59. The molecule has 0 saturated carbocycles.